The highest BCUT2D eigenvalue weighted by molar-refractivity contribution is 7.92. The molecular weight excluding hydrogens is 347 g/mol. The van der Waals surface area contributed by atoms with Crippen LogP contribution in [0.2, 0.25) is 0 Å². The molecule has 132 valence electrons. The van der Waals surface area contributed by atoms with E-state index in [2.05, 4.69) is 10.0 Å². The van der Waals surface area contributed by atoms with Gasteiger partial charge in [0, 0.05) is 0 Å². The second-order valence-electron chi connectivity index (χ2n) is 6.37. The number of hydrogen-bond acceptors (Lipinski definition) is 4. The zero-order valence-electron chi connectivity index (χ0n) is 13.7. The molecule has 0 radical (unpaired) electrons. The van der Waals surface area contributed by atoms with E-state index in [0.717, 1.165) is 6.07 Å². The van der Waals surface area contributed by atoms with Crippen molar-refractivity contribution in [3.8, 4) is 5.75 Å². The van der Waals surface area contributed by atoms with Crippen LogP contribution >= 0.6 is 0 Å². The van der Waals surface area contributed by atoms with Gasteiger partial charge in [-0.25, -0.2) is 12.8 Å². The molecule has 25 heavy (non-hydrogen) atoms. The molecule has 2 aromatic rings. The lowest BCUT2D eigenvalue weighted by atomic mass is 9.94. The molecule has 0 unspecified atom stereocenters. The summed E-state index contributed by atoms with van der Waals surface area (Å²) in [5, 5.41) is 2.72. The second kappa shape index (κ2) is 6.03. The third-order valence-electron chi connectivity index (χ3n) is 3.81. The Bertz CT molecular complexity index is 941. The zero-order valence-corrected chi connectivity index (χ0v) is 14.5. The average Bonchev–Trinajstić information content (AvgIpc) is 2.64. The second-order valence-corrected chi connectivity index (χ2v) is 8.02. The normalized spacial score (nSPS) is 16.2. The predicted molar refractivity (Wildman–Crippen MR) is 91.6 cm³/mol. The minimum Gasteiger partial charge on any atom is -0.490 e. The number of carbonyl (C=O) groups is 1. The van der Waals surface area contributed by atoms with Gasteiger partial charge < -0.3 is 10.1 Å². The van der Waals surface area contributed by atoms with Gasteiger partial charge in [0.15, 0.2) is 0 Å². The van der Waals surface area contributed by atoms with Gasteiger partial charge in [0.1, 0.15) is 23.1 Å². The van der Waals surface area contributed by atoms with Crippen LogP contribution in [0.1, 0.15) is 13.8 Å². The first-order valence-electron chi connectivity index (χ1n) is 7.55. The van der Waals surface area contributed by atoms with E-state index in [9.17, 15) is 17.6 Å². The number of benzene rings is 2. The number of hydrogen-bond donors (Lipinski definition) is 2. The molecule has 0 aliphatic carbocycles. The van der Waals surface area contributed by atoms with Crippen molar-refractivity contribution in [3.05, 3.63) is 48.3 Å². The Kier molecular flexibility index (Phi) is 4.16. The smallest absolute Gasteiger partial charge is 0.264 e. The van der Waals surface area contributed by atoms with Crippen molar-refractivity contribution in [1.29, 1.82) is 0 Å². The van der Waals surface area contributed by atoms with Crippen LogP contribution in [0.3, 0.4) is 0 Å². The molecule has 1 amide bonds. The molecule has 1 heterocycles. The molecular formula is C17H17FN2O4S. The molecule has 6 nitrogen and oxygen atoms in total. The molecule has 0 saturated carbocycles. The minimum absolute atomic E-state index is 0.186. The molecule has 0 spiro atoms. The Labute approximate surface area is 145 Å². The summed E-state index contributed by atoms with van der Waals surface area (Å²) >= 11 is 0. The first-order valence-corrected chi connectivity index (χ1v) is 9.03. The molecule has 0 aromatic heterocycles. The maximum absolute atomic E-state index is 13.8. The third kappa shape index (κ3) is 3.43. The van der Waals surface area contributed by atoms with E-state index >= 15 is 0 Å². The molecule has 1 aliphatic rings. The van der Waals surface area contributed by atoms with Crippen LogP contribution in [0.25, 0.3) is 0 Å². The number of fused-ring (bicyclic) bond motifs is 1. The number of sulfonamides is 1. The fraction of sp³-hybridized carbons (Fsp3) is 0.235. The minimum atomic E-state index is -4.09. The molecule has 0 bridgehead atoms. The molecule has 0 fully saturated rings. The molecule has 1 aliphatic heterocycles. The third-order valence-corrected chi connectivity index (χ3v) is 5.22. The van der Waals surface area contributed by atoms with Crippen molar-refractivity contribution in [2.24, 2.45) is 5.41 Å². The Morgan fingerprint density at radius 2 is 1.92 bits per heavy atom. The molecule has 0 saturated heterocycles. The largest absolute Gasteiger partial charge is 0.490 e. The van der Waals surface area contributed by atoms with Gasteiger partial charge in [-0.2, -0.15) is 0 Å². The Morgan fingerprint density at radius 3 is 2.64 bits per heavy atom. The topological polar surface area (TPSA) is 84.5 Å². The van der Waals surface area contributed by atoms with Crippen LogP contribution in [0.15, 0.2) is 47.4 Å². The van der Waals surface area contributed by atoms with Gasteiger partial charge in [0.25, 0.3) is 10.0 Å². The van der Waals surface area contributed by atoms with Crippen LogP contribution in [-0.2, 0) is 14.8 Å². The lowest BCUT2D eigenvalue weighted by molar-refractivity contribution is -0.124. The lowest BCUT2D eigenvalue weighted by Crippen LogP contribution is -2.33. The van der Waals surface area contributed by atoms with E-state index in [4.69, 9.17) is 4.74 Å². The van der Waals surface area contributed by atoms with Crippen LogP contribution < -0.4 is 14.8 Å². The number of amides is 1. The van der Waals surface area contributed by atoms with Gasteiger partial charge in [0.05, 0.1) is 16.8 Å². The van der Waals surface area contributed by atoms with Gasteiger partial charge in [-0.05, 0) is 44.2 Å². The van der Waals surface area contributed by atoms with Gasteiger partial charge in [0.2, 0.25) is 5.91 Å². The summed E-state index contributed by atoms with van der Waals surface area (Å²) in [6.07, 6.45) is 0. The van der Waals surface area contributed by atoms with E-state index in [1.807, 2.05) is 0 Å². The van der Waals surface area contributed by atoms with Crippen molar-refractivity contribution < 1.29 is 22.3 Å². The fourth-order valence-corrected chi connectivity index (χ4v) is 3.43. The number of ether oxygens (including phenoxy) is 1. The van der Waals surface area contributed by atoms with Gasteiger partial charge in [-0.1, -0.05) is 12.1 Å². The summed E-state index contributed by atoms with van der Waals surface area (Å²) in [6, 6.07) is 9.57. The summed E-state index contributed by atoms with van der Waals surface area (Å²) in [5.74, 6) is -0.642. The first-order chi connectivity index (χ1) is 11.7. The van der Waals surface area contributed by atoms with Gasteiger partial charge in [-0.15, -0.1) is 0 Å². The number of nitrogens with one attached hydrogen (secondary N) is 2. The van der Waals surface area contributed by atoms with E-state index in [1.54, 1.807) is 19.9 Å². The Hall–Kier alpha value is -2.61. The van der Waals surface area contributed by atoms with Gasteiger partial charge >= 0.3 is 0 Å². The van der Waals surface area contributed by atoms with Crippen molar-refractivity contribution in [2.75, 3.05) is 16.6 Å². The van der Waals surface area contributed by atoms with E-state index in [1.165, 1.54) is 30.3 Å². The number of carbonyl (C=O) groups excluding carboxylic acids is 1. The predicted octanol–water partition coefficient (Wildman–Crippen LogP) is 2.98. The zero-order chi connectivity index (χ0) is 18.2. The monoisotopic (exact) mass is 364 g/mol. The summed E-state index contributed by atoms with van der Waals surface area (Å²) in [5.41, 5.74) is -0.179. The Balaban J connectivity index is 1.91. The number of anilines is 2. The molecule has 2 N–H and O–H groups in total. The average molecular weight is 364 g/mol. The molecule has 0 atom stereocenters. The van der Waals surface area contributed by atoms with Crippen molar-refractivity contribution in [1.82, 2.24) is 0 Å². The number of rotatable bonds is 3. The van der Waals surface area contributed by atoms with Crippen LogP contribution in [-0.4, -0.2) is 20.9 Å². The number of halogens is 1. The lowest BCUT2D eigenvalue weighted by Gasteiger charge is -2.18. The summed E-state index contributed by atoms with van der Waals surface area (Å²) in [4.78, 5) is 11.7. The quantitative estimate of drug-likeness (QED) is 0.877. The Morgan fingerprint density at radius 1 is 1.20 bits per heavy atom. The summed E-state index contributed by atoms with van der Waals surface area (Å²) in [7, 11) is -4.09. The maximum Gasteiger partial charge on any atom is 0.264 e. The van der Waals surface area contributed by atoms with Crippen LogP contribution in [0, 0.1) is 11.2 Å². The molecule has 2 aromatic carbocycles. The highest BCUT2D eigenvalue weighted by Gasteiger charge is 2.32. The molecule has 8 heteroatoms. The van der Waals surface area contributed by atoms with Crippen LogP contribution in [0.5, 0.6) is 5.75 Å². The van der Waals surface area contributed by atoms with E-state index < -0.39 is 26.2 Å². The maximum atomic E-state index is 13.8. The molecule has 3 rings (SSSR count). The SMILES string of the molecule is CC1(C)COc2ccc(NS(=O)(=O)c3ccccc3F)cc2NC1=O. The van der Waals surface area contributed by atoms with Crippen LogP contribution in [0.4, 0.5) is 15.8 Å². The van der Waals surface area contributed by atoms with Crippen molar-refractivity contribution >= 4 is 27.3 Å². The van der Waals surface area contributed by atoms with Crippen molar-refractivity contribution in [2.45, 2.75) is 18.7 Å². The highest BCUT2D eigenvalue weighted by atomic mass is 32.2. The van der Waals surface area contributed by atoms with Crippen molar-refractivity contribution in [3.63, 3.8) is 0 Å². The summed E-state index contributed by atoms with van der Waals surface area (Å²) < 4.78 is 46.4. The highest BCUT2D eigenvalue weighted by Crippen LogP contribution is 2.34. The standard InChI is InChI=1S/C17H17FN2O4S/c1-17(2)10-24-14-8-7-11(9-13(14)19-16(17)21)20-25(22,23)15-6-4-3-5-12(15)18/h3-9,20H,10H2,1-2H3,(H,19,21). The fourth-order valence-electron chi connectivity index (χ4n) is 2.31. The first kappa shape index (κ1) is 17.2. The van der Waals surface area contributed by atoms with E-state index in [0.29, 0.717) is 11.4 Å². The summed E-state index contributed by atoms with van der Waals surface area (Å²) in [6.45, 7) is 3.69. The van der Waals surface area contributed by atoms with E-state index in [-0.39, 0.29) is 18.2 Å². The van der Waals surface area contributed by atoms with Gasteiger partial charge in [-0.3, -0.25) is 9.52 Å².